The second kappa shape index (κ2) is 9.57. The second-order valence-electron chi connectivity index (χ2n) is 9.70. The van der Waals surface area contributed by atoms with Crippen LogP contribution in [0.15, 0.2) is 48.5 Å². The Balaban J connectivity index is 1.26. The van der Waals surface area contributed by atoms with Crippen molar-refractivity contribution in [2.24, 2.45) is 0 Å². The summed E-state index contributed by atoms with van der Waals surface area (Å²) in [4.78, 5) is 39.3. The third-order valence-corrected chi connectivity index (χ3v) is 8.77. The zero-order chi connectivity index (χ0) is 24.6. The zero-order valence-corrected chi connectivity index (χ0v) is 20.6. The molecule has 5 rings (SSSR count). The number of nitrogens with one attached hydrogen (secondary N) is 1. The number of carboxylic acid groups (broad SMARTS) is 1. The van der Waals surface area contributed by atoms with E-state index in [2.05, 4.69) is 29.6 Å². The van der Waals surface area contributed by atoms with Crippen LogP contribution in [0.25, 0.3) is 11.1 Å². The Morgan fingerprint density at radius 2 is 1.66 bits per heavy atom. The van der Waals surface area contributed by atoms with Gasteiger partial charge in [-0.2, -0.15) is 0 Å². The molecule has 7 nitrogen and oxygen atoms in total. The number of ether oxygens (including phenoxy) is 1. The SMILES string of the molecule is CC1SCC(C(=O)O)N1C(=O)CC1(NC(=O)OCC2c3ccccc3-c3ccccc32)CCCC1. The minimum absolute atomic E-state index is 0.0342. The summed E-state index contributed by atoms with van der Waals surface area (Å²) >= 11 is 1.46. The number of fused-ring (bicyclic) bond motifs is 3. The number of carbonyl (C=O) groups excluding carboxylic acids is 2. The lowest BCUT2D eigenvalue weighted by Gasteiger charge is -2.33. The maximum absolute atomic E-state index is 13.2. The highest BCUT2D eigenvalue weighted by atomic mass is 32.2. The van der Waals surface area contributed by atoms with Crippen LogP contribution in [-0.4, -0.2) is 57.3 Å². The van der Waals surface area contributed by atoms with Crippen molar-refractivity contribution in [3.8, 4) is 11.1 Å². The summed E-state index contributed by atoms with van der Waals surface area (Å²) in [5.74, 6) is -0.862. The van der Waals surface area contributed by atoms with Gasteiger partial charge in [0.25, 0.3) is 0 Å². The first-order valence-electron chi connectivity index (χ1n) is 12.2. The summed E-state index contributed by atoms with van der Waals surface area (Å²) in [7, 11) is 0. The highest BCUT2D eigenvalue weighted by Crippen LogP contribution is 2.44. The van der Waals surface area contributed by atoms with Gasteiger partial charge in [0.2, 0.25) is 5.91 Å². The second-order valence-corrected chi connectivity index (χ2v) is 11.1. The van der Waals surface area contributed by atoms with E-state index in [1.165, 1.54) is 27.8 Å². The molecule has 1 saturated heterocycles. The van der Waals surface area contributed by atoms with Gasteiger partial charge >= 0.3 is 12.1 Å². The topological polar surface area (TPSA) is 95.9 Å². The minimum Gasteiger partial charge on any atom is -0.480 e. The third kappa shape index (κ3) is 4.51. The molecule has 2 aromatic carbocycles. The van der Waals surface area contributed by atoms with E-state index >= 15 is 0 Å². The summed E-state index contributed by atoms with van der Waals surface area (Å²) in [5.41, 5.74) is 3.93. The maximum Gasteiger partial charge on any atom is 0.407 e. The first-order valence-corrected chi connectivity index (χ1v) is 13.2. The normalized spacial score (nSPS) is 22.5. The minimum atomic E-state index is -0.986. The summed E-state index contributed by atoms with van der Waals surface area (Å²) < 4.78 is 5.74. The van der Waals surface area contributed by atoms with Crippen molar-refractivity contribution < 1.29 is 24.2 Å². The number of aliphatic carboxylic acids is 1. The molecule has 2 atom stereocenters. The van der Waals surface area contributed by atoms with Gasteiger partial charge in [-0.15, -0.1) is 11.8 Å². The number of thioether (sulfide) groups is 1. The van der Waals surface area contributed by atoms with Gasteiger partial charge in [0, 0.05) is 11.7 Å². The molecule has 0 spiro atoms. The largest absolute Gasteiger partial charge is 0.480 e. The Hall–Kier alpha value is -3.00. The molecule has 0 radical (unpaired) electrons. The highest BCUT2D eigenvalue weighted by molar-refractivity contribution is 8.00. The van der Waals surface area contributed by atoms with E-state index in [9.17, 15) is 19.5 Å². The predicted molar refractivity (Wildman–Crippen MR) is 134 cm³/mol. The fourth-order valence-corrected chi connectivity index (χ4v) is 7.03. The van der Waals surface area contributed by atoms with Gasteiger partial charge in [-0.05, 0) is 42.0 Å². The number of carbonyl (C=O) groups is 3. The Bertz CT molecular complexity index is 1100. The van der Waals surface area contributed by atoms with Gasteiger partial charge in [-0.25, -0.2) is 9.59 Å². The van der Waals surface area contributed by atoms with Crippen molar-refractivity contribution in [1.82, 2.24) is 10.2 Å². The van der Waals surface area contributed by atoms with Gasteiger partial charge in [-0.1, -0.05) is 61.4 Å². The molecule has 35 heavy (non-hydrogen) atoms. The van der Waals surface area contributed by atoms with Crippen molar-refractivity contribution in [3.63, 3.8) is 0 Å². The number of benzene rings is 2. The molecule has 2 fully saturated rings. The molecule has 184 valence electrons. The van der Waals surface area contributed by atoms with Crippen molar-refractivity contribution >= 4 is 29.7 Å². The number of amides is 2. The van der Waals surface area contributed by atoms with E-state index in [1.54, 1.807) is 0 Å². The number of alkyl carbamates (subject to hydrolysis) is 1. The molecule has 2 unspecified atom stereocenters. The molecular formula is C27H30N2O5S. The smallest absolute Gasteiger partial charge is 0.407 e. The first-order chi connectivity index (χ1) is 16.9. The summed E-state index contributed by atoms with van der Waals surface area (Å²) in [6, 6.07) is 15.5. The molecule has 3 aliphatic rings. The first kappa shape index (κ1) is 23.7. The lowest BCUT2D eigenvalue weighted by molar-refractivity contribution is -0.149. The molecule has 1 saturated carbocycles. The van der Waals surface area contributed by atoms with Crippen LogP contribution in [0.3, 0.4) is 0 Å². The van der Waals surface area contributed by atoms with Gasteiger partial charge in [0.1, 0.15) is 12.6 Å². The van der Waals surface area contributed by atoms with E-state index in [0.29, 0.717) is 18.6 Å². The number of nitrogens with zero attached hydrogens (tertiary/aromatic N) is 1. The van der Waals surface area contributed by atoms with Crippen LogP contribution in [0.5, 0.6) is 0 Å². The summed E-state index contributed by atoms with van der Waals surface area (Å²) in [5, 5.41) is 12.4. The average Bonchev–Trinajstić information content (AvgIpc) is 3.54. The lowest BCUT2D eigenvalue weighted by Crippen LogP contribution is -2.53. The molecule has 2 aromatic rings. The Labute approximate surface area is 209 Å². The van der Waals surface area contributed by atoms with Crippen molar-refractivity contribution in [2.45, 2.75) is 61.9 Å². The zero-order valence-electron chi connectivity index (χ0n) is 19.7. The van der Waals surface area contributed by atoms with Gasteiger partial charge in [-0.3, -0.25) is 4.79 Å². The Kier molecular flexibility index (Phi) is 6.49. The van der Waals surface area contributed by atoms with Crippen LogP contribution in [0.4, 0.5) is 4.79 Å². The number of hydrogen-bond donors (Lipinski definition) is 2. The van der Waals surface area contributed by atoms with E-state index in [1.807, 2.05) is 31.2 Å². The van der Waals surface area contributed by atoms with Crippen LogP contribution in [0.2, 0.25) is 0 Å². The van der Waals surface area contributed by atoms with Crippen LogP contribution >= 0.6 is 11.8 Å². The Morgan fingerprint density at radius 3 is 2.26 bits per heavy atom. The van der Waals surface area contributed by atoms with E-state index in [4.69, 9.17) is 4.74 Å². The molecule has 2 amide bonds. The Morgan fingerprint density at radius 1 is 1.06 bits per heavy atom. The molecule has 8 heteroatoms. The van der Waals surface area contributed by atoms with Crippen molar-refractivity contribution in [3.05, 3.63) is 59.7 Å². The molecule has 1 aliphatic heterocycles. The van der Waals surface area contributed by atoms with Gasteiger partial charge in [0.05, 0.1) is 17.3 Å². The molecular weight excluding hydrogens is 464 g/mol. The molecule has 0 aromatic heterocycles. The molecule has 1 heterocycles. The number of carboxylic acids is 1. The summed E-state index contributed by atoms with van der Waals surface area (Å²) in [6.45, 7) is 2.07. The van der Waals surface area contributed by atoms with Gasteiger partial charge < -0.3 is 20.1 Å². The standard InChI is InChI=1S/C27H30N2O5S/c1-17-29(23(16-35-17)25(31)32)24(30)14-27(12-6-7-13-27)28-26(33)34-15-22-20-10-4-2-8-18(20)19-9-3-5-11-21(19)22/h2-5,8-11,17,22-23H,6-7,12-16H2,1H3,(H,28,33)(H,31,32). The van der Waals surface area contributed by atoms with E-state index in [0.717, 1.165) is 24.0 Å². The summed E-state index contributed by atoms with van der Waals surface area (Å²) in [6.07, 6.45) is 2.73. The lowest BCUT2D eigenvalue weighted by atomic mass is 9.92. The van der Waals surface area contributed by atoms with Crippen LogP contribution in [-0.2, 0) is 14.3 Å². The van der Waals surface area contributed by atoms with Crippen LogP contribution in [0.1, 0.15) is 56.1 Å². The fourth-order valence-electron chi connectivity index (χ4n) is 5.84. The molecule has 2 N–H and O–H groups in total. The maximum atomic E-state index is 13.2. The predicted octanol–water partition coefficient (Wildman–Crippen LogP) is 4.60. The average molecular weight is 495 g/mol. The highest BCUT2D eigenvalue weighted by Gasteiger charge is 2.44. The van der Waals surface area contributed by atoms with E-state index < -0.39 is 23.6 Å². The van der Waals surface area contributed by atoms with Crippen LogP contribution < -0.4 is 5.32 Å². The van der Waals surface area contributed by atoms with Crippen molar-refractivity contribution in [1.29, 1.82) is 0 Å². The van der Waals surface area contributed by atoms with Crippen LogP contribution in [0, 0.1) is 0 Å². The van der Waals surface area contributed by atoms with E-state index in [-0.39, 0.29) is 30.2 Å². The quantitative estimate of drug-likeness (QED) is 0.609. The number of rotatable bonds is 6. The number of hydrogen-bond acceptors (Lipinski definition) is 5. The third-order valence-electron chi connectivity index (χ3n) is 7.56. The fraction of sp³-hybridized carbons (Fsp3) is 0.444. The van der Waals surface area contributed by atoms with Gasteiger partial charge in [0.15, 0.2) is 0 Å². The monoisotopic (exact) mass is 494 g/mol. The van der Waals surface area contributed by atoms with Crippen molar-refractivity contribution in [2.75, 3.05) is 12.4 Å². The molecule has 0 bridgehead atoms. The molecule has 2 aliphatic carbocycles.